The number of rotatable bonds is 5. The number of hydrogen-bond acceptors (Lipinski definition) is 3. The summed E-state index contributed by atoms with van der Waals surface area (Å²) in [6.45, 7) is 1.43. The normalized spacial score (nSPS) is 14.3. The van der Waals surface area contributed by atoms with Crippen molar-refractivity contribution >= 4 is 29.5 Å². The van der Waals surface area contributed by atoms with Crippen LogP contribution >= 0.6 is 11.6 Å². The molecule has 0 unspecified atom stereocenters. The number of benzene rings is 1. The Morgan fingerprint density at radius 2 is 1.80 bits per heavy atom. The van der Waals surface area contributed by atoms with Gasteiger partial charge in [-0.3, -0.25) is 9.59 Å². The van der Waals surface area contributed by atoms with Crippen molar-refractivity contribution in [2.24, 2.45) is 0 Å². The maximum absolute atomic E-state index is 13.8. The number of piperazine rings is 1. The quantitative estimate of drug-likeness (QED) is 0.772. The van der Waals surface area contributed by atoms with Crippen molar-refractivity contribution in [3.63, 3.8) is 0 Å². The number of carbonyl (C=O) groups excluding carboxylic acids is 2. The third-order valence-corrected chi connectivity index (χ3v) is 4.19. The summed E-state index contributed by atoms with van der Waals surface area (Å²) in [5.74, 6) is -2.08. The van der Waals surface area contributed by atoms with E-state index in [1.54, 1.807) is 0 Å². The molecule has 1 heterocycles. The van der Waals surface area contributed by atoms with Crippen LogP contribution < -0.4 is 5.32 Å². The van der Waals surface area contributed by atoms with Crippen LogP contribution in [0.25, 0.3) is 0 Å². The third-order valence-electron chi connectivity index (χ3n) is 3.87. The number of nitrogens with one attached hydrogen (secondary N) is 1. The lowest BCUT2D eigenvalue weighted by Gasteiger charge is -2.35. The summed E-state index contributed by atoms with van der Waals surface area (Å²) in [5.41, 5.74) is -0.157. The van der Waals surface area contributed by atoms with Crippen LogP contribution in [0.3, 0.4) is 0 Å². The first-order valence-electron chi connectivity index (χ1n) is 7.88. The molecule has 1 aliphatic heterocycles. The second kappa shape index (κ2) is 8.66. The van der Waals surface area contributed by atoms with Gasteiger partial charge in [-0.1, -0.05) is 17.7 Å². The second-order valence-electron chi connectivity index (χ2n) is 5.61. The van der Waals surface area contributed by atoms with Crippen molar-refractivity contribution in [3.8, 4) is 0 Å². The molecule has 9 heteroatoms. The van der Waals surface area contributed by atoms with Crippen LogP contribution in [0.5, 0.6) is 0 Å². The van der Waals surface area contributed by atoms with Crippen molar-refractivity contribution in [2.75, 3.05) is 32.7 Å². The molecule has 0 radical (unpaired) electrons. The minimum atomic E-state index is -0.909. The van der Waals surface area contributed by atoms with Crippen molar-refractivity contribution in [1.29, 1.82) is 0 Å². The largest absolute Gasteiger partial charge is 0.481 e. The highest BCUT2D eigenvalue weighted by Gasteiger charge is 2.27. The molecule has 7 nitrogen and oxygen atoms in total. The zero-order valence-electron chi connectivity index (χ0n) is 13.5. The van der Waals surface area contributed by atoms with E-state index in [0.717, 1.165) is 0 Å². The van der Waals surface area contributed by atoms with Gasteiger partial charge in [0.25, 0.3) is 5.91 Å². The number of amides is 3. The number of nitrogens with zero attached hydrogens (tertiary/aromatic N) is 2. The van der Waals surface area contributed by atoms with Crippen molar-refractivity contribution < 1.29 is 23.9 Å². The summed E-state index contributed by atoms with van der Waals surface area (Å²) in [6, 6.07) is 3.76. The number of urea groups is 1. The maximum Gasteiger partial charge on any atom is 0.317 e. The van der Waals surface area contributed by atoms with Gasteiger partial charge >= 0.3 is 12.0 Å². The molecule has 136 valence electrons. The summed E-state index contributed by atoms with van der Waals surface area (Å²) < 4.78 is 13.8. The standard InChI is InChI=1S/C16H19ClFN3O4/c17-11-3-1-4-12(18)14(11)15(24)20-7-9-21(10-8-20)16(25)19-6-2-5-13(22)23/h1,3-4H,2,5-10H2,(H,19,25)(H,22,23). The Labute approximate surface area is 149 Å². The molecule has 1 saturated heterocycles. The number of hydrogen-bond donors (Lipinski definition) is 2. The molecule has 2 rings (SSSR count). The molecule has 25 heavy (non-hydrogen) atoms. The highest BCUT2D eigenvalue weighted by molar-refractivity contribution is 6.33. The predicted octanol–water partition coefficient (Wildman–Crippen LogP) is 1.81. The first kappa shape index (κ1) is 19.0. The molecule has 0 saturated carbocycles. The fraction of sp³-hybridized carbons (Fsp3) is 0.438. The summed E-state index contributed by atoms with van der Waals surface area (Å²) in [7, 11) is 0. The van der Waals surface area contributed by atoms with E-state index in [1.165, 1.54) is 28.0 Å². The van der Waals surface area contributed by atoms with Gasteiger partial charge in [0.2, 0.25) is 0 Å². The summed E-state index contributed by atoms with van der Waals surface area (Å²) >= 11 is 5.91. The maximum atomic E-state index is 13.8. The number of aliphatic carboxylic acids is 1. The highest BCUT2D eigenvalue weighted by atomic mass is 35.5. The van der Waals surface area contributed by atoms with Crippen LogP contribution in [-0.4, -0.2) is 65.5 Å². The Morgan fingerprint density at radius 1 is 1.16 bits per heavy atom. The molecule has 0 atom stereocenters. The van der Waals surface area contributed by atoms with Crippen molar-refractivity contribution in [2.45, 2.75) is 12.8 Å². The summed E-state index contributed by atoms with van der Waals surface area (Å²) in [6.07, 6.45) is 0.345. The van der Waals surface area contributed by atoms with Gasteiger partial charge in [-0.2, -0.15) is 0 Å². The Kier molecular flexibility index (Phi) is 6.58. The van der Waals surface area contributed by atoms with E-state index in [2.05, 4.69) is 5.32 Å². The molecule has 3 amide bonds. The Morgan fingerprint density at radius 3 is 2.40 bits per heavy atom. The zero-order chi connectivity index (χ0) is 18.4. The van der Waals surface area contributed by atoms with Crippen LogP contribution in [-0.2, 0) is 4.79 Å². The minimum Gasteiger partial charge on any atom is -0.481 e. The average Bonchev–Trinajstić information content (AvgIpc) is 2.58. The van der Waals surface area contributed by atoms with Crippen LogP contribution in [0.2, 0.25) is 5.02 Å². The summed E-state index contributed by atoms with van der Waals surface area (Å²) in [4.78, 5) is 37.8. The molecular weight excluding hydrogens is 353 g/mol. The van der Waals surface area contributed by atoms with Crippen LogP contribution in [0.1, 0.15) is 23.2 Å². The van der Waals surface area contributed by atoms with E-state index in [4.69, 9.17) is 16.7 Å². The highest BCUT2D eigenvalue weighted by Crippen LogP contribution is 2.21. The first-order chi connectivity index (χ1) is 11.9. The molecule has 1 fully saturated rings. The van der Waals surface area contributed by atoms with Gasteiger partial charge in [-0.25, -0.2) is 9.18 Å². The molecule has 0 aliphatic carbocycles. The van der Waals surface area contributed by atoms with Crippen molar-refractivity contribution in [1.82, 2.24) is 15.1 Å². The average molecular weight is 372 g/mol. The topological polar surface area (TPSA) is 89.9 Å². The SMILES string of the molecule is O=C(O)CCCNC(=O)N1CCN(C(=O)c2c(F)cccc2Cl)CC1. The number of carboxylic acid groups (broad SMARTS) is 1. The molecular formula is C16H19ClFN3O4. The second-order valence-corrected chi connectivity index (χ2v) is 6.01. The first-order valence-corrected chi connectivity index (χ1v) is 8.26. The zero-order valence-corrected chi connectivity index (χ0v) is 14.3. The predicted molar refractivity (Wildman–Crippen MR) is 89.2 cm³/mol. The number of carbonyl (C=O) groups is 3. The minimum absolute atomic E-state index is 0.00798. The molecule has 0 spiro atoms. The molecule has 1 aromatic carbocycles. The van der Waals surface area contributed by atoms with Gasteiger partial charge in [0.1, 0.15) is 5.82 Å². The van der Waals surface area contributed by atoms with E-state index >= 15 is 0 Å². The Hall–Kier alpha value is -2.35. The fourth-order valence-electron chi connectivity index (χ4n) is 2.52. The van der Waals surface area contributed by atoms with Gasteiger partial charge in [0, 0.05) is 39.1 Å². The van der Waals surface area contributed by atoms with Crippen LogP contribution in [0.15, 0.2) is 18.2 Å². The molecule has 0 bridgehead atoms. The lowest BCUT2D eigenvalue weighted by molar-refractivity contribution is -0.137. The van der Waals surface area contributed by atoms with Gasteiger partial charge in [0.05, 0.1) is 10.6 Å². The number of carboxylic acids is 1. The van der Waals surface area contributed by atoms with E-state index in [1.807, 2.05) is 0 Å². The Bertz CT molecular complexity index is 643. The van der Waals surface area contributed by atoms with E-state index in [9.17, 15) is 18.8 Å². The van der Waals surface area contributed by atoms with Gasteiger partial charge in [-0.15, -0.1) is 0 Å². The number of halogens is 2. The summed E-state index contributed by atoms with van der Waals surface area (Å²) in [5, 5.41) is 11.2. The molecule has 2 N–H and O–H groups in total. The van der Waals surface area contributed by atoms with Gasteiger partial charge in [-0.05, 0) is 18.6 Å². The third kappa shape index (κ3) is 5.06. The lowest BCUT2D eigenvalue weighted by atomic mass is 10.1. The smallest absolute Gasteiger partial charge is 0.317 e. The Balaban J connectivity index is 1.84. The fourth-order valence-corrected chi connectivity index (χ4v) is 2.76. The van der Waals surface area contributed by atoms with E-state index < -0.39 is 17.7 Å². The monoisotopic (exact) mass is 371 g/mol. The van der Waals surface area contributed by atoms with Crippen LogP contribution in [0.4, 0.5) is 9.18 Å². The molecule has 1 aliphatic rings. The van der Waals surface area contributed by atoms with E-state index in [-0.39, 0.29) is 42.7 Å². The van der Waals surface area contributed by atoms with E-state index in [0.29, 0.717) is 19.5 Å². The van der Waals surface area contributed by atoms with Gasteiger partial charge in [0.15, 0.2) is 0 Å². The molecule has 0 aromatic heterocycles. The van der Waals surface area contributed by atoms with Crippen molar-refractivity contribution in [3.05, 3.63) is 34.6 Å². The molecule has 1 aromatic rings. The van der Waals surface area contributed by atoms with Gasteiger partial charge < -0.3 is 20.2 Å². The van der Waals surface area contributed by atoms with Crippen LogP contribution in [0, 0.1) is 5.82 Å². The lowest BCUT2D eigenvalue weighted by Crippen LogP contribution is -2.53.